The van der Waals surface area contributed by atoms with Crippen LogP contribution in [0.25, 0.3) is 22.5 Å². The molecule has 0 saturated heterocycles. The van der Waals surface area contributed by atoms with Crippen molar-refractivity contribution in [1.29, 1.82) is 0 Å². The predicted octanol–water partition coefficient (Wildman–Crippen LogP) is 6.40. The summed E-state index contributed by atoms with van der Waals surface area (Å²) < 4.78 is 34.3. The van der Waals surface area contributed by atoms with Crippen LogP contribution in [0.5, 0.6) is 5.75 Å². The molecule has 0 saturated carbocycles. The molecular formula is C30H35N3O3S. The number of hydrogen-bond donors (Lipinski definition) is 2. The van der Waals surface area contributed by atoms with Crippen molar-refractivity contribution in [2.24, 2.45) is 0 Å². The summed E-state index contributed by atoms with van der Waals surface area (Å²) in [5.74, 6) is 0.805. The Balaban J connectivity index is 1.52. The lowest BCUT2D eigenvalue weighted by Crippen LogP contribution is -2.26. The van der Waals surface area contributed by atoms with Crippen LogP contribution in [0.2, 0.25) is 0 Å². The smallest absolute Gasteiger partial charge is 0.240 e. The second-order valence-corrected chi connectivity index (χ2v) is 10.8. The standard InChI is InChI=1S/C30H35N3O3S/c1-3-5-7-10-23-13-19-27(20-14-23)37(34,35)31-22-21-28-29(24-11-8-6-9-12-24)32-33-30(28)25-15-17-26(18-16-25)36-4-2/h6,8-9,11-20,31H,3-5,7,10,21-22H2,1-2H3,(H,32,33). The third-order valence-electron chi connectivity index (χ3n) is 6.34. The molecule has 3 aromatic carbocycles. The molecule has 37 heavy (non-hydrogen) atoms. The number of aryl methyl sites for hydroxylation is 1. The Kier molecular flexibility index (Phi) is 9.14. The van der Waals surface area contributed by atoms with Gasteiger partial charge in [0.25, 0.3) is 0 Å². The molecular weight excluding hydrogens is 482 g/mol. The Bertz CT molecular complexity index is 1360. The van der Waals surface area contributed by atoms with Crippen molar-refractivity contribution in [3.63, 3.8) is 0 Å². The molecule has 194 valence electrons. The molecule has 4 rings (SSSR count). The van der Waals surface area contributed by atoms with Gasteiger partial charge in [-0.3, -0.25) is 5.10 Å². The fourth-order valence-electron chi connectivity index (χ4n) is 4.37. The van der Waals surface area contributed by atoms with Gasteiger partial charge in [-0.25, -0.2) is 13.1 Å². The number of sulfonamides is 1. The molecule has 6 nitrogen and oxygen atoms in total. The fraction of sp³-hybridized carbons (Fsp3) is 0.300. The van der Waals surface area contributed by atoms with Crippen molar-refractivity contribution in [1.82, 2.24) is 14.9 Å². The summed E-state index contributed by atoms with van der Waals surface area (Å²) in [5, 5.41) is 7.78. The molecule has 0 aliphatic heterocycles. The van der Waals surface area contributed by atoms with Crippen molar-refractivity contribution in [3.8, 4) is 28.3 Å². The number of benzene rings is 3. The summed E-state index contributed by atoms with van der Waals surface area (Å²) in [7, 11) is -3.62. The van der Waals surface area contributed by atoms with E-state index >= 15 is 0 Å². The summed E-state index contributed by atoms with van der Waals surface area (Å²) in [6, 6.07) is 25.0. The molecule has 0 radical (unpaired) electrons. The van der Waals surface area contributed by atoms with E-state index in [1.165, 1.54) is 18.4 Å². The van der Waals surface area contributed by atoms with Gasteiger partial charge in [0.2, 0.25) is 10.0 Å². The van der Waals surface area contributed by atoms with E-state index in [2.05, 4.69) is 21.8 Å². The van der Waals surface area contributed by atoms with Gasteiger partial charge in [0, 0.05) is 23.2 Å². The first-order valence-electron chi connectivity index (χ1n) is 13.0. The van der Waals surface area contributed by atoms with Crippen molar-refractivity contribution in [2.45, 2.75) is 50.8 Å². The van der Waals surface area contributed by atoms with E-state index in [0.29, 0.717) is 13.0 Å². The minimum Gasteiger partial charge on any atom is -0.494 e. The fourth-order valence-corrected chi connectivity index (χ4v) is 5.41. The van der Waals surface area contributed by atoms with Crippen LogP contribution < -0.4 is 9.46 Å². The SMILES string of the molecule is CCCCCc1ccc(S(=O)(=O)NCCc2c(-c3ccccc3)n[nH]c2-c2ccc(OCC)cc2)cc1. The van der Waals surface area contributed by atoms with Crippen LogP contribution >= 0.6 is 0 Å². The van der Waals surface area contributed by atoms with Crippen LogP contribution in [0.4, 0.5) is 0 Å². The molecule has 0 amide bonds. The van der Waals surface area contributed by atoms with E-state index in [-0.39, 0.29) is 11.4 Å². The van der Waals surface area contributed by atoms with Crippen LogP contribution in [-0.4, -0.2) is 31.8 Å². The Labute approximate surface area is 220 Å². The third kappa shape index (κ3) is 6.87. The Morgan fingerprint density at radius 2 is 1.57 bits per heavy atom. The van der Waals surface area contributed by atoms with Crippen LogP contribution in [0.15, 0.2) is 83.8 Å². The van der Waals surface area contributed by atoms with Crippen molar-refractivity contribution in [3.05, 3.63) is 90.0 Å². The monoisotopic (exact) mass is 517 g/mol. The number of ether oxygens (including phenoxy) is 1. The quantitative estimate of drug-likeness (QED) is 0.201. The van der Waals surface area contributed by atoms with Gasteiger partial charge in [-0.05, 0) is 68.1 Å². The van der Waals surface area contributed by atoms with Crippen LogP contribution in [0.3, 0.4) is 0 Å². The van der Waals surface area contributed by atoms with Gasteiger partial charge in [0.1, 0.15) is 5.75 Å². The van der Waals surface area contributed by atoms with Gasteiger partial charge in [-0.2, -0.15) is 5.10 Å². The summed E-state index contributed by atoms with van der Waals surface area (Å²) in [6.07, 6.45) is 4.92. The highest BCUT2D eigenvalue weighted by atomic mass is 32.2. The Morgan fingerprint density at radius 1 is 0.838 bits per heavy atom. The normalized spacial score (nSPS) is 11.5. The molecule has 0 fully saturated rings. The minimum atomic E-state index is -3.62. The Hall–Kier alpha value is -3.42. The van der Waals surface area contributed by atoms with E-state index in [4.69, 9.17) is 4.74 Å². The van der Waals surface area contributed by atoms with E-state index in [9.17, 15) is 8.42 Å². The van der Waals surface area contributed by atoms with Gasteiger partial charge >= 0.3 is 0 Å². The molecule has 2 N–H and O–H groups in total. The molecule has 1 heterocycles. The lowest BCUT2D eigenvalue weighted by atomic mass is 9.99. The second-order valence-electron chi connectivity index (χ2n) is 9.00. The lowest BCUT2D eigenvalue weighted by Gasteiger charge is -2.10. The van der Waals surface area contributed by atoms with Crippen molar-refractivity contribution in [2.75, 3.05) is 13.2 Å². The number of aromatic amines is 1. The van der Waals surface area contributed by atoms with Crippen molar-refractivity contribution >= 4 is 10.0 Å². The zero-order valence-electron chi connectivity index (χ0n) is 21.5. The van der Waals surface area contributed by atoms with E-state index in [1.807, 2.05) is 73.7 Å². The summed E-state index contributed by atoms with van der Waals surface area (Å²) in [4.78, 5) is 0.286. The van der Waals surface area contributed by atoms with E-state index in [1.54, 1.807) is 12.1 Å². The first-order chi connectivity index (χ1) is 18.0. The average Bonchev–Trinajstić information content (AvgIpc) is 3.34. The largest absolute Gasteiger partial charge is 0.494 e. The van der Waals surface area contributed by atoms with Crippen LogP contribution in [0, 0.1) is 0 Å². The summed E-state index contributed by atoms with van der Waals surface area (Å²) >= 11 is 0. The zero-order valence-corrected chi connectivity index (χ0v) is 22.4. The van der Waals surface area contributed by atoms with Crippen LogP contribution in [-0.2, 0) is 22.9 Å². The number of nitrogens with one attached hydrogen (secondary N) is 2. The molecule has 4 aromatic rings. The topological polar surface area (TPSA) is 84.1 Å². The van der Waals surface area contributed by atoms with Gasteiger partial charge in [0.15, 0.2) is 0 Å². The van der Waals surface area contributed by atoms with E-state index < -0.39 is 10.0 Å². The summed E-state index contributed by atoms with van der Waals surface area (Å²) in [6.45, 7) is 4.99. The first-order valence-corrected chi connectivity index (χ1v) is 14.4. The van der Waals surface area contributed by atoms with Crippen LogP contribution in [0.1, 0.15) is 44.2 Å². The number of unbranched alkanes of at least 4 members (excludes halogenated alkanes) is 2. The van der Waals surface area contributed by atoms with Gasteiger partial charge in [-0.1, -0.05) is 62.2 Å². The summed E-state index contributed by atoms with van der Waals surface area (Å²) in [5.41, 5.74) is 5.77. The van der Waals surface area contributed by atoms with Gasteiger partial charge in [0.05, 0.1) is 22.9 Å². The highest BCUT2D eigenvalue weighted by Gasteiger charge is 2.19. The Morgan fingerprint density at radius 3 is 2.24 bits per heavy atom. The molecule has 7 heteroatoms. The van der Waals surface area contributed by atoms with Gasteiger partial charge < -0.3 is 4.74 Å². The minimum absolute atomic E-state index is 0.254. The van der Waals surface area contributed by atoms with Crippen molar-refractivity contribution < 1.29 is 13.2 Å². The lowest BCUT2D eigenvalue weighted by molar-refractivity contribution is 0.340. The molecule has 0 aliphatic rings. The molecule has 0 unspecified atom stereocenters. The maximum atomic E-state index is 13.0. The maximum Gasteiger partial charge on any atom is 0.240 e. The number of rotatable bonds is 13. The predicted molar refractivity (Wildman–Crippen MR) is 149 cm³/mol. The molecule has 0 bridgehead atoms. The highest BCUT2D eigenvalue weighted by Crippen LogP contribution is 2.31. The first kappa shape index (κ1) is 26.6. The van der Waals surface area contributed by atoms with E-state index in [0.717, 1.165) is 46.7 Å². The third-order valence-corrected chi connectivity index (χ3v) is 7.82. The number of nitrogens with zero attached hydrogens (tertiary/aromatic N) is 1. The van der Waals surface area contributed by atoms with Gasteiger partial charge in [-0.15, -0.1) is 0 Å². The zero-order chi connectivity index (χ0) is 26.1. The molecule has 1 aromatic heterocycles. The second kappa shape index (κ2) is 12.7. The number of H-pyrrole nitrogens is 1. The molecule has 0 aliphatic carbocycles. The molecule has 0 atom stereocenters. The molecule has 0 spiro atoms. The number of aromatic nitrogens is 2. The number of hydrogen-bond acceptors (Lipinski definition) is 4. The highest BCUT2D eigenvalue weighted by molar-refractivity contribution is 7.89. The maximum absolute atomic E-state index is 13.0. The average molecular weight is 518 g/mol.